The quantitative estimate of drug-likeness (QED) is 0.414. The third-order valence-electron chi connectivity index (χ3n) is 4.12. The minimum atomic E-state index is -1.43. The summed E-state index contributed by atoms with van der Waals surface area (Å²) in [6, 6.07) is 9.83. The van der Waals surface area contributed by atoms with E-state index >= 15 is 0 Å². The first-order chi connectivity index (χ1) is 11.0. The molecule has 0 heterocycles. The van der Waals surface area contributed by atoms with E-state index in [9.17, 15) is 14.7 Å². The van der Waals surface area contributed by atoms with Gasteiger partial charge in [-0.1, -0.05) is 42.5 Å². The SMILES string of the molecule is CC(OC(=O)CC(=O)[O-])C1(COCc2ccccc2)C=CCC1. The fourth-order valence-electron chi connectivity index (χ4n) is 2.74. The van der Waals surface area contributed by atoms with Crippen LogP contribution in [0.4, 0.5) is 0 Å². The Morgan fingerprint density at radius 3 is 2.65 bits per heavy atom. The topological polar surface area (TPSA) is 75.7 Å². The number of esters is 1. The van der Waals surface area contributed by atoms with Crippen molar-refractivity contribution in [3.8, 4) is 0 Å². The minimum Gasteiger partial charge on any atom is -0.550 e. The van der Waals surface area contributed by atoms with Crippen LogP contribution in [0.5, 0.6) is 0 Å². The maximum atomic E-state index is 11.6. The largest absolute Gasteiger partial charge is 0.550 e. The Morgan fingerprint density at radius 1 is 1.30 bits per heavy atom. The molecule has 0 bridgehead atoms. The summed E-state index contributed by atoms with van der Waals surface area (Å²) in [7, 11) is 0. The zero-order chi connectivity index (χ0) is 16.7. The highest BCUT2D eigenvalue weighted by atomic mass is 16.5. The molecule has 5 nitrogen and oxygen atoms in total. The van der Waals surface area contributed by atoms with Crippen LogP contribution in [0.2, 0.25) is 0 Å². The van der Waals surface area contributed by atoms with Gasteiger partial charge in [-0.15, -0.1) is 0 Å². The van der Waals surface area contributed by atoms with Crippen molar-refractivity contribution in [3.05, 3.63) is 48.0 Å². The van der Waals surface area contributed by atoms with Gasteiger partial charge >= 0.3 is 5.97 Å². The second-order valence-corrected chi connectivity index (χ2v) is 5.83. The van der Waals surface area contributed by atoms with Crippen molar-refractivity contribution in [2.45, 2.75) is 38.9 Å². The Hall–Kier alpha value is -2.14. The van der Waals surface area contributed by atoms with E-state index < -0.39 is 29.9 Å². The number of rotatable bonds is 8. The van der Waals surface area contributed by atoms with Gasteiger partial charge in [0.2, 0.25) is 0 Å². The van der Waals surface area contributed by atoms with E-state index in [4.69, 9.17) is 9.47 Å². The van der Waals surface area contributed by atoms with Gasteiger partial charge in [0.25, 0.3) is 0 Å². The van der Waals surface area contributed by atoms with E-state index in [1.54, 1.807) is 6.92 Å². The van der Waals surface area contributed by atoms with Gasteiger partial charge < -0.3 is 19.4 Å². The molecule has 1 aliphatic rings. The summed E-state index contributed by atoms with van der Waals surface area (Å²) < 4.78 is 11.1. The van der Waals surface area contributed by atoms with Crippen molar-refractivity contribution in [2.24, 2.45) is 5.41 Å². The van der Waals surface area contributed by atoms with E-state index in [0.29, 0.717) is 13.2 Å². The standard InChI is InChI=1S/C18H22O5/c1-14(23-17(21)11-16(19)20)18(9-5-6-10-18)13-22-12-15-7-3-2-4-8-15/h2-5,7-9,14H,6,10-13H2,1H3,(H,19,20)/p-1. The molecule has 0 aromatic heterocycles. The van der Waals surface area contributed by atoms with Crippen LogP contribution in [0.1, 0.15) is 31.7 Å². The van der Waals surface area contributed by atoms with Crippen molar-refractivity contribution in [3.63, 3.8) is 0 Å². The van der Waals surface area contributed by atoms with Gasteiger partial charge in [-0.05, 0) is 25.3 Å². The zero-order valence-corrected chi connectivity index (χ0v) is 13.2. The first-order valence-corrected chi connectivity index (χ1v) is 7.70. The van der Waals surface area contributed by atoms with E-state index in [-0.39, 0.29) is 0 Å². The highest BCUT2D eigenvalue weighted by Gasteiger charge is 2.38. The molecule has 0 fully saturated rings. The van der Waals surface area contributed by atoms with Crippen LogP contribution < -0.4 is 5.11 Å². The molecule has 2 atom stereocenters. The maximum Gasteiger partial charge on any atom is 0.311 e. The van der Waals surface area contributed by atoms with Crippen LogP contribution in [0.25, 0.3) is 0 Å². The lowest BCUT2D eigenvalue weighted by Crippen LogP contribution is -2.38. The molecule has 0 radical (unpaired) electrons. The van der Waals surface area contributed by atoms with Gasteiger partial charge in [0.05, 0.1) is 25.6 Å². The van der Waals surface area contributed by atoms with Crippen molar-refractivity contribution in [2.75, 3.05) is 6.61 Å². The number of hydrogen-bond acceptors (Lipinski definition) is 5. The fraction of sp³-hybridized carbons (Fsp3) is 0.444. The molecule has 0 saturated carbocycles. The molecule has 0 N–H and O–H groups in total. The Balaban J connectivity index is 1.91. The summed E-state index contributed by atoms with van der Waals surface area (Å²) in [6.45, 7) is 2.67. The molecule has 1 aromatic carbocycles. The highest BCUT2D eigenvalue weighted by Crippen LogP contribution is 2.37. The lowest BCUT2D eigenvalue weighted by molar-refractivity contribution is -0.305. The molecular weight excluding hydrogens is 296 g/mol. The van der Waals surface area contributed by atoms with Gasteiger partial charge in [0.15, 0.2) is 0 Å². The van der Waals surface area contributed by atoms with Gasteiger partial charge in [-0.3, -0.25) is 4.79 Å². The van der Waals surface area contributed by atoms with E-state index in [1.165, 1.54) is 0 Å². The van der Waals surface area contributed by atoms with Crippen LogP contribution in [-0.4, -0.2) is 24.6 Å². The normalized spacial score (nSPS) is 21.1. The molecule has 2 rings (SSSR count). The number of benzene rings is 1. The minimum absolute atomic E-state index is 0.406. The molecule has 124 valence electrons. The van der Waals surface area contributed by atoms with Crippen molar-refractivity contribution >= 4 is 11.9 Å². The smallest absolute Gasteiger partial charge is 0.311 e. The summed E-state index contributed by atoms with van der Waals surface area (Å²) in [6.07, 6.45) is 4.56. The molecule has 23 heavy (non-hydrogen) atoms. The average Bonchev–Trinajstić information content (AvgIpc) is 2.97. The van der Waals surface area contributed by atoms with Crippen LogP contribution in [-0.2, 0) is 25.7 Å². The predicted octanol–water partition coefficient (Wildman–Crippen LogP) is 1.61. The summed E-state index contributed by atoms with van der Waals surface area (Å²) in [5.41, 5.74) is 0.669. The van der Waals surface area contributed by atoms with Gasteiger partial charge in [0.1, 0.15) is 6.10 Å². The molecule has 0 saturated heterocycles. The van der Waals surface area contributed by atoms with Crippen LogP contribution in [0.3, 0.4) is 0 Å². The van der Waals surface area contributed by atoms with Gasteiger partial charge in [-0.2, -0.15) is 0 Å². The van der Waals surface area contributed by atoms with Crippen molar-refractivity contribution in [1.29, 1.82) is 0 Å². The second-order valence-electron chi connectivity index (χ2n) is 5.83. The summed E-state index contributed by atoms with van der Waals surface area (Å²) in [5.74, 6) is -2.21. The number of aliphatic carboxylic acids is 1. The number of carboxylic acid groups (broad SMARTS) is 1. The number of hydrogen-bond donors (Lipinski definition) is 0. The predicted molar refractivity (Wildman–Crippen MR) is 82.1 cm³/mol. The monoisotopic (exact) mass is 317 g/mol. The van der Waals surface area contributed by atoms with E-state index in [2.05, 4.69) is 0 Å². The van der Waals surface area contributed by atoms with Crippen LogP contribution in [0, 0.1) is 5.41 Å². The first kappa shape index (κ1) is 17.2. The Morgan fingerprint density at radius 2 is 2.04 bits per heavy atom. The summed E-state index contributed by atoms with van der Waals surface area (Å²) in [4.78, 5) is 22.0. The molecular formula is C18H21O5-. The third-order valence-corrected chi connectivity index (χ3v) is 4.12. The van der Waals surface area contributed by atoms with E-state index in [0.717, 1.165) is 18.4 Å². The molecule has 1 aromatic rings. The Bertz CT molecular complexity index is 566. The zero-order valence-electron chi connectivity index (χ0n) is 13.2. The van der Waals surface area contributed by atoms with Crippen molar-refractivity contribution < 1.29 is 24.2 Å². The first-order valence-electron chi connectivity index (χ1n) is 7.70. The molecule has 2 unspecified atom stereocenters. The number of carbonyl (C=O) groups excluding carboxylic acids is 2. The number of carbonyl (C=O) groups is 2. The Labute approximate surface area is 135 Å². The number of allylic oxidation sites excluding steroid dienone is 1. The summed E-state index contributed by atoms with van der Waals surface area (Å²) in [5, 5.41) is 10.5. The lowest BCUT2D eigenvalue weighted by Gasteiger charge is -2.33. The van der Waals surface area contributed by atoms with Gasteiger partial charge in [-0.25, -0.2) is 0 Å². The van der Waals surface area contributed by atoms with Crippen LogP contribution in [0.15, 0.2) is 42.5 Å². The molecule has 0 spiro atoms. The molecule has 1 aliphatic carbocycles. The summed E-state index contributed by atoms with van der Waals surface area (Å²) >= 11 is 0. The molecule has 0 amide bonds. The number of ether oxygens (including phenoxy) is 2. The average molecular weight is 317 g/mol. The third kappa shape index (κ3) is 4.93. The molecule has 5 heteroatoms. The fourth-order valence-corrected chi connectivity index (χ4v) is 2.74. The lowest BCUT2D eigenvalue weighted by atomic mass is 9.83. The van der Waals surface area contributed by atoms with Gasteiger partial charge in [0, 0.05) is 5.41 Å². The van der Waals surface area contributed by atoms with E-state index in [1.807, 2.05) is 42.5 Å². The Kier molecular flexibility index (Phi) is 5.93. The van der Waals surface area contributed by atoms with Crippen molar-refractivity contribution in [1.82, 2.24) is 0 Å². The highest BCUT2D eigenvalue weighted by molar-refractivity contribution is 5.89. The second kappa shape index (κ2) is 7.92. The maximum absolute atomic E-state index is 11.6. The molecule has 0 aliphatic heterocycles. The number of carboxylic acids is 1. The van der Waals surface area contributed by atoms with Crippen LogP contribution >= 0.6 is 0 Å².